The second-order valence-electron chi connectivity index (χ2n) is 4.05. The van der Waals surface area contributed by atoms with E-state index in [0.717, 1.165) is 6.07 Å². The van der Waals surface area contributed by atoms with Gasteiger partial charge in [-0.25, -0.2) is 9.78 Å². The molecule has 0 amide bonds. The van der Waals surface area contributed by atoms with Gasteiger partial charge in [0.25, 0.3) is 0 Å². The molecule has 0 saturated heterocycles. The minimum Gasteiger partial charge on any atom is -0.477 e. The van der Waals surface area contributed by atoms with E-state index in [9.17, 15) is 18.0 Å². The molecule has 2 rings (SSSR count). The molecular weight excluding hydrogens is 353 g/mol. The molecule has 2 N–H and O–H groups in total. The maximum atomic E-state index is 12.8. The van der Waals surface area contributed by atoms with E-state index in [1.54, 1.807) is 0 Å². The molecule has 0 spiro atoms. The van der Waals surface area contributed by atoms with E-state index in [0.29, 0.717) is 5.69 Å². The molecule has 0 fully saturated rings. The summed E-state index contributed by atoms with van der Waals surface area (Å²) in [4.78, 5) is 14.4. The number of alkyl halides is 3. The predicted molar refractivity (Wildman–Crippen MR) is 73.6 cm³/mol. The van der Waals surface area contributed by atoms with Crippen LogP contribution in [0.4, 0.5) is 24.5 Å². The number of carbonyl (C=O) groups is 1. The number of carboxylic acid groups (broad SMARTS) is 1. The quantitative estimate of drug-likeness (QED) is 0.856. The van der Waals surface area contributed by atoms with Crippen LogP contribution in [0.3, 0.4) is 0 Å². The van der Waals surface area contributed by atoms with Crippen LogP contribution in [0, 0.1) is 0 Å². The lowest BCUT2D eigenvalue weighted by Crippen LogP contribution is -2.07. The van der Waals surface area contributed by atoms with Crippen LogP contribution in [0.2, 0.25) is 0 Å². The van der Waals surface area contributed by atoms with E-state index in [4.69, 9.17) is 5.11 Å². The number of aromatic carboxylic acids is 1. The van der Waals surface area contributed by atoms with Crippen LogP contribution in [0.5, 0.6) is 0 Å². The highest BCUT2D eigenvalue weighted by molar-refractivity contribution is 9.10. The van der Waals surface area contributed by atoms with Crippen LogP contribution >= 0.6 is 15.9 Å². The number of hydrogen-bond donors (Lipinski definition) is 2. The summed E-state index contributed by atoms with van der Waals surface area (Å²) in [6.45, 7) is 0. The van der Waals surface area contributed by atoms with E-state index >= 15 is 0 Å². The van der Waals surface area contributed by atoms with Crippen molar-refractivity contribution >= 4 is 33.3 Å². The van der Waals surface area contributed by atoms with Gasteiger partial charge in [0.15, 0.2) is 0 Å². The number of hydrogen-bond acceptors (Lipinski definition) is 3. The molecule has 0 aliphatic rings. The summed E-state index contributed by atoms with van der Waals surface area (Å²) in [5.74, 6) is -1.22. The Morgan fingerprint density at radius 3 is 2.48 bits per heavy atom. The van der Waals surface area contributed by atoms with Crippen molar-refractivity contribution in [3.63, 3.8) is 0 Å². The molecule has 1 heterocycles. The highest BCUT2D eigenvalue weighted by atomic mass is 79.9. The Labute approximate surface area is 125 Å². The molecular formula is C13H8BrF3N2O2. The van der Waals surface area contributed by atoms with Gasteiger partial charge in [-0.05, 0) is 30.3 Å². The first-order chi connectivity index (χ1) is 9.77. The number of pyridine rings is 1. The molecule has 110 valence electrons. The Bertz CT molecular complexity index is 689. The van der Waals surface area contributed by atoms with Crippen LogP contribution in [-0.4, -0.2) is 16.1 Å². The maximum Gasteiger partial charge on any atom is 0.417 e. The van der Waals surface area contributed by atoms with E-state index in [1.807, 2.05) is 0 Å². The zero-order valence-corrected chi connectivity index (χ0v) is 11.9. The van der Waals surface area contributed by atoms with Crippen molar-refractivity contribution in [1.82, 2.24) is 4.98 Å². The largest absolute Gasteiger partial charge is 0.477 e. The van der Waals surface area contributed by atoms with Gasteiger partial charge in [0.05, 0.1) is 5.56 Å². The molecule has 4 nitrogen and oxygen atoms in total. The van der Waals surface area contributed by atoms with Crippen molar-refractivity contribution in [3.8, 4) is 0 Å². The highest BCUT2D eigenvalue weighted by Crippen LogP contribution is 2.36. The first-order valence-corrected chi connectivity index (χ1v) is 6.40. The second-order valence-corrected chi connectivity index (χ2v) is 4.91. The molecule has 1 aromatic heterocycles. The first-order valence-electron chi connectivity index (χ1n) is 5.60. The lowest BCUT2D eigenvalue weighted by molar-refractivity contribution is -0.138. The van der Waals surface area contributed by atoms with Crippen LogP contribution in [0.1, 0.15) is 16.1 Å². The Morgan fingerprint density at radius 2 is 1.86 bits per heavy atom. The minimum absolute atomic E-state index is 0.0681. The summed E-state index contributed by atoms with van der Waals surface area (Å²) in [6, 6.07) is 6.34. The molecule has 0 aliphatic heterocycles. The normalized spacial score (nSPS) is 11.2. The summed E-state index contributed by atoms with van der Waals surface area (Å²) in [7, 11) is 0. The third-order valence-electron chi connectivity index (χ3n) is 2.54. The second kappa shape index (κ2) is 5.72. The summed E-state index contributed by atoms with van der Waals surface area (Å²) < 4.78 is 38.3. The van der Waals surface area contributed by atoms with Gasteiger partial charge in [0.2, 0.25) is 0 Å². The van der Waals surface area contributed by atoms with Gasteiger partial charge >= 0.3 is 12.1 Å². The number of halogens is 4. The summed E-state index contributed by atoms with van der Waals surface area (Å²) in [5.41, 5.74) is -0.501. The number of benzene rings is 1. The van der Waals surface area contributed by atoms with E-state index in [2.05, 4.69) is 26.2 Å². The van der Waals surface area contributed by atoms with Crippen LogP contribution < -0.4 is 5.32 Å². The standard InChI is InChI=1S/C13H8BrF3N2O2/c14-10-2-1-7(5-9(10)13(15,16)17)19-8-3-4-18-11(6-8)12(20)21/h1-6H,(H,18,19)(H,20,21). The van der Waals surface area contributed by atoms with Gasteiger partial charge in [-0.1, -0.05) is 15.9 Å². The molecule has 0 radical (unpaired) electrons. The smallest absolute Gasteiger partial charge is 0.417 e. The average molecular weight is 361 g/mol. The van der Waals surface area contributed by atoms with Crippen LogP contribution in [0.15, 0.2) is 41.0 Å². The maximum absolute atomic E-state index is 12.8. The molecule has 1 aromatic carbocycles. The Kier molecular flexibility index (Phi) is 4.17. The number of rotatable bonds is 3. The summed E-state index contributed by atoms with van der Waals surface area (Å²) >= 11 is 2.85. The van der Waals surface area contributed by atoms with Gasteiger partial charge in [0.1, 0.15) is 5.69 Å². The zero-order chi connectivity index (χ0) is 15.6. The van der Waals surface area contributed by atoms with Crippen molar-refractivity contribution in [1.29, 1.82) is 0 Å². The number of nitrogens with zero attached hydrogens (tertiary/aromatic N) is 1. The Morgan fingerprint density at radius 1 is 1.19 bits per heavy atom. The molecule has 2 aromatic rings. The van der Waals surface area contributed by atoms with Gasteiger partial charge in [0, 0.05) is 22.0 Å². The van der Waals surface area contributed by atoms with Crippen molar-refractivity contribution in [2.45, 2.75) is 6.18 Å². The topological polar surface area (TPSA) is 62.2 Å². The summed E-state index contributed by atoms with van der Waals surface area (Å²) in [6.07, 6.45) is -3.23. The molecule has 0 bridgehead atoms. The van der Waals surface area contributed by atoms with Gasteiger partial charge < -0.3 is 10.4 Å². The fourth-order valence-electron chi connectivity index (χ4n) is 1.61. The van der Waals surface area contributed by atoms with Crippen molar-refractivity contribution in [2.75, 3.05) is 5.32 Å². The SMILES string of the molecule is O=C(O)c1cc(Nc2ccc(Br)c(C(F)(F)F)c2)ccn1. The van der Waals surface area contributed by atoms with Crippen LogP contribution in [-0.2, 0) is 6.18 Å². The van der Waals surface area contributed by atoms with Crippen molar-refractivity contribution in [3.05, 3.63) is 52.3 Å². The third-order valence-corrected chi connectivity index (χ3v) is 3.23. The fourth-order valence-corrected chi connectivity index (χ4v) is 2.08. The van der Waals surface area contributed by atoms with E-state index in [-0.39, 0.29) is 15.9 Å². The number of anilines is 2. The Balaban J connectivity index is 2.32. The molecule has 21 heavy (non-hydrogen) atoms. The van der Waals surface area contributed by atoms with E-state index < -0.39 is 17.7 Å². The van der Waals surface area contributed by atoms with Crippen molar-refractivity contribution in [2.24, 2.45) is 0 Å². The van der Waals surface area contributed by atoms with E-state index in [1.165, 1.54) is 30.5 Å². The molecule has 8 heteroatoms. The molecule has 0 unspecified atom stereocenters. The molecule has 0 atom stereocenters. The third kappa shape index (κ3) is 3.72. The summed E-state index contributed by atoms with van der Waals surface area (Å²) in [5, 5.41) is 11.5. The van der Waals surface area contributed by atoms with Crippen molar-refractivity contribution < 1.29 is 23.1 Å². The molecule has 0 aliphatic carbocycles. The van der Waals surface area contributed by atoms with Gasteiger partial charge in [-0.2, -0.15) is 13.2 Å². The lowest BCUT2D eigenvalue weighted by atomic mass is 10.2. The van der Waals surface area contributed by atoms with Crippen LogP contribution in [0.25, 0.3) is 0 Å². The monoisotopic (exact) mass is 360 g/mol. The van der Waals surface area contributed by atoms with Gasteiger partial charge in [-0.3, -0.25) is 0 Å². The average Bonchev–Trinajstić information content (AvgIpc) is 2.40. The first kappa shape index (κ1) is 15.3. The fraction of sp³-hybridized carbons (Fsp3) is 0.0769. The zero-order valence-electron chi connectivity index (χ0n) is 10.3. The number of carboxylic acids is 1. The number of aromatic nitrogens is 1. The molecule has 0 saturated carbocycles. The Hall–Kier alpha value is -2.09. The van der Waals surface area contributed by atoms with Gasteiger partial charge in [-0.15, -0.1) is 0 Å². The predicted octanol–water partition coefficient (Wildman–Crippen LogP) is 4.30. The minimum atomic E-state index is -4.49. The lowest BCUT2D eigenvalue weighted by Gasteiger charge is -2.12. The highest BCUT2D eigenvalue weighted by Gasteiger charge is 2.33. The number of nitrogens with one attached hydrogen (secondary N) is 1.